The highest BCUT2D eigenvalue weighted by Crippen LogP contribution is 2.28. The van der Waals surface area contributed by atoms with Crippen molar-refractivity contribution in [3.63, 3.8) is 0 Å². The highest BCUT2D eigenvalue weighted by Gasteiger charge is 2.24. The van der Waals surface area contributed by atoms with Crippen LogP contribution in [0.4, 0.5) is 0 Å². The van der Waals surface area contributed by atoms with E-state index < -0.39 is 0 Å². The molecule has 1 unspecified atom stereocenters. The molecule has 1 aliphatic heterocycles. The minimum Gasteiger partial charge on any atom is -0.369 e. The average molecular weight is 237 g/mol. The molecule has 16 heavy (non-hydrogen) atoms. The van der Waals surface area contributed by atoms with Crippen molar-refractivity contribution in [1.82, 2.24) is 4.90 Å². The first-order chi connectivity index (χ1) is 7.70. The Labute approximate surface area is 99.3 Å². The number of ether oxygens (including phenoxy) is 1. The van der Waals surface area contributed by atoms with Crippen LogP contribution >= 0.6 is 11.3 Å². The Morgan fingerprint density at radius 1 is 1.69 bits per heavy atom. The van der Waals surface area contributed by atoms with Crippen LogP contribution < -0.4 is 0 Å². The predicted octanol–water partition coefficient (Wildman–Crippen LogP) is 2.14. The van der Waals surface area contributed by atoms with E-state index in [9.17, 15) is 4.79 Å². The summed E-state index contributed by atoms with van der Waals surface area (Å²) in [6, 6.07) is 4.16. The number of amides is 1. The van der Waals surface area contributed by atoms with Gasteiger partial charge in [-0.15, -0.1) is 11.3 Å². The van der Waals surface area contributed by atoms with Gasteiger partial charge in [0.15, 0.2) is 0 Å². The van der Waals surface area contributed by atoms with E-state index in [0.717, 1.165) is 0 Å². The minimum atomic E-state index is -0.0124. The highest BCUT2D eigenvalue weighted by molar-refractivity contribution is 7.12. The van der Waals surface area contributed by atoms with Crippen LogP contribution in [0.15, 0.2) is 24.8 Å². The Bertz CT molecular complexity index is 399. The summed E-state index contributed by atoms with van der Waals surface area (Å²) in [6.07, 6.45) is 1.39. The van der Waals surface area contributed by atoms with Crippen LogP contribution in [0.3, 0.4) is 0 Å². The van der Waals surface area contributed by atoms with Gasteiger partial charge in [-0.25, -0.2) is 0 Å². The number of morpholine rings is 1. The minimum absolute atomic E-state index is 0.0124. The zero-order chi connectivity index (χ0) is 11.5. The lowest BCUT2D eigenvalue weighted by Gasteiger charge is -2.31. The largest absolute Gasteiger partial charge is 0.369 e. The summed E-state index contributed by atoms with van der Waals surface area (Å²) in [7, 11) is 0. The summed E-state index contributed by atoms with van der Waals surface area (Å²) in [5.74, 6) is -0.0124. The van der Waals surface area contributed by atoms with Crippen LogP contribution in [0.5, 0.6) is 0 Å². The van der Waals surface area contributed by atoms with Crippen molar-refractivity contribution in [2.45, 2.75) is 13.0 Å². The first-order valence-electron chi connectivity index (χ1n) is 5.30. The molecule has 1 fully saturated rings. The van der Waals surface area contributed by atoms with Crippen molar-refractivity contribution >= 4 is 17.2 Å². The summed E-state index contributed by atoms with van der Waals surface area (Å²) in [4.78, 5) is 15.8. The van der Waals surface area contributed by atoms with Crippen LogP contribution in [0.1, 0.15) is 15.9 Å². The van der Waals surface area contributed by atoms with E-state index in [4.69, 9.17) is 4.74 Å². The number of carbonyl (C=O) groups is 1. The lowest BCUT2D eigenvalue weighted by molar-refractivity contribution is -0.133. The summed E-state index contributed by atoms with van der Waals surface area (Å²) < 4.78 is 5.68. The lowest BCUT2D eigenvalue weighted by Crippen LogP contribution is -2.41. The van der Waals surface area contributed by atoms with Gasteiger partial charge in [0.2, 0.25) is 5.91 Å². The number of hydrogen-bond donors (Lipinski definition) is 0. The highest BCUT2D eigenvalue weighted by atomic mass is 32.1. The van der Waals surface area contributed by atoms with Gasteiger partial charge in [0.05, 0.1) is 13.2 Å². The maximum Gasteiger partial charge on any atom is 0.246 e. The van der Waals surface area contributed by atoms with Gasteiger partial charge in [0, 0.05) is 16.3 Å². The van der Waals surface area contributed by atoms with Gasteiger partial charge in [-0.1, -0.05) is 6.58 Å². The predicted molar refractivity (Wildman–Crippen MR) is 64.5 cm³/mol. The van der Waals surface area contributed by atoms with Crippen LogP contribution in [0.2, 0.25) is 0 Å². The third-order valence-electron chi connectivity index (χ3n) is 2.63. The zero-order valence-corrected chi connectivity index (χ0v) is 10.1. The monoisotopic (exact) mass is 237 g/mol. The molecule has 0 bridgehead atoms. The SMILES string of the molecule is C=CC(=O)N1CCOC(c2ccc(C)s2)C1. The molecule has 1 saturated heterocycles. The summed E-state index contributed by atoms with van der Waals surface area (Å²) in [5.41, 5.74) is 0. The molecule has 2 rings (SSSR count). The molecule has 0 spiro atoms. The fourth-order valence-corrected chi connectivity index (χ4v) is 2.70. The van der Waals surface area contributed by atoms with Gasteiger partial charge >= 0.3 is 0 Å². The van der Waals surface area contributed by atoms with Gasteiger partial charge in [0.1, 0.15) is 6.10 Å². The standard InChI is InChI=1S/C12H15NO2S/c1-3-12(14)13-6-7-15-10(8-13)11-5-4-9(2)16-11/h3-5,10H,1,6-8H2,2H3. The van der Waals surface area contributed by atoms with E-state index in [-0.39, 0.29) is 12.0 Å². The van der Waals surface area contributed by atoms with E-state index in [1.165, 1.54) is 15.8 Å². The van der Waals surface area contributed by atoms with Crippen LogP contribution in [-0.2, 0) is 9.53 Å². The Morgan fingerprint density at radius 2 is 2.50 bits per heavy atom. The molecule has 0 aromatic carbocycles. The number of rotatable bonds is 2. The lowest BCUT2D eigenvalue weighted by atomic mass is 10.2. The van der Waals surface area contributed by atoms with Gasteiger partial charge in [-0.2, -0.15) is 0 Å². The topological polar surface area (TPSA) is 29.5 Å². The maximum atomic E-state index is 11.5. The van der Waals surface area contributed by atoms with Crippen molar-refractivity contribution in [3.05, 3.63) is 34.5 Å². The Kier molecular flexibility index (Phi) is 3.41. The van der Waals surface area contributed by atoms with Gasteiger partial charge in [-0.05, 0) is 25.1 Å². The van der Waals surface area contributed by atoms with Crippen molar-refractivity contribution in [2.24, 2.45) is 0 Å². The zero-order valence-electron chi connectivity index (χ0n) is 9.31. The number of nitrogens with zero attached hydrogens (tertiary/aromatic N) is 1. The van der Waals surface area contributed by atoms with Gasteiger partial charge in [-0.3, -0.25) is 4.79 Å². The van der Waals surface area contributed by atoms with Crippen molar-refractivity contribution in [2.75, 3.05) is 19.7 Å². The van der Waals surface area contributed by atoms with Gasteiger partial charge < -0.3 is 9.64 Å². The maximum absolute atomic E-state index is 11.5. The molecule has 2 heterocycles. The second kappa shape index (κ2) is 4.80. The normalized spacial score (nSPS) is 20.8. The molecular formula is C12H15NO2S. The number of hydrogen-bond acceptors (Lipinski definition) is 3. The second-order valence-corrected chi connectivity index (χ2v) is 5.12. The summed E-state index contributed by atoms with van der Waals surface area (Å²) >= 11 is 1.73. The second-order valence-electron chi connectivity index (χ2n) is 3.80. The molecule has 4 heteroatoms. The molecule has 3 nitrogen and oxygen atoms in total. The Morgan fingerprint density at radius 3 is 3.12 bits per heavy atom. The molecule has 0 aliphatic carbocycles. The molecule has 0 saturated carbocycles. The average Bonchev–Trinajstić information content (AvgIpc) is 2.75. The van der Waals surface area contributed by atoms with Crippen LogP contribution in [-0.4, -0.2) is 30.5 Å². The molecule has 0 N–H and O–H groups in total. The number of aryl methyl sites for hydroxylation is 1. The number of carbonyl (C=O) groups excluding carboxylic acids is 1. The fourth-order valence-electron chi connectivity index (χ4n) is 1.78. The van der Waals surface area contributed by atoms with E-state index in [0.29, 0.717) is 19.7 Å². The first-order valence-corrected chi connectivity index (χ1v) is 6.11. The molecule has 1 amide bonds. The molecule has 1 aromatic heterocycles. The quantitative estimate of drug-likeness (QED) is 0.738. The molecule has 1 atom stereocenters. The molecule has 1 aliphatic rings. The van der Waals surface area contributed by atoms with Gasteiger partial charge in [0.25, 0.3) is 0 Å². The molecule has 1 aromatic rings. The number of thiophene rings is 1. The molecule has 86 valence electrons. The van der Waals surface area contributed by atoms with Crippen LogP contribution in [0, 0.1) is 6.92 Å². The smallest absolute Gasteiger partial charge is 0.246 e. The summed E-state index contributed by atoms with van der Waals surface area (Å²) in [6.45, 7) is 7.47. The van der Waals surface area contributed by atoms with Crippen LogP contribution in [0.25, 0.3) is 0 Å². The van der Waals surface area contributed by atoms with E-state index in [1.54, 1.807) is 16.2 Å². The van der Waals surface area contributed by atoms with E-state index in [2.05, 4.69) is 25.6 Å². The van der Waals surface area contributed by atoms with E-state index in [1.807, 2.05) is 0 Å². The molecule has 0 radical (unpaired) electrons. The van der Waals surface area contributed by atoms with Crippen molar-refractivity contribution in [3.8, 4) is 0 Å². The first kappa shape index (κ1) is 11.4. The Balaban J connectivity index is 2.07. The summed E-state index contributed by atoms with van der Waals surface area (Å²) in [5, 5.41) is 0. The fraction of sp³-hybridized carbons (Fsp3) is 0.417. The van der Waals surface area contributed by atoms with Crippen molar-refractivity contribution < 1.29 is 9.53 Å². The van der Waals surface area contributed by atoms with Crippen molar-refractivity contribution in [1.29, 1.82) is 0 Å². The molecular weight excluding hydrogens is 222 g/mol. The Hall–Kier alpha value is -1.13. The van der Waals surface area contributed by atoms with E-state index >= 15 is 0 Å². The third kappa shape index (κ3) is 2.33. The third-order valence-corrected chi connectivity index (χ3v) is 3.72.